The maximum absolute atomic E-state index is 11.8. The van der Waals surface area contributed by atoms with E-state index in [1.807, 2.05) is 0 Å². The molecule has 0 spiro atoms. The van der Waals surface area contributed by atoms with Gasteiger partial charge in [0.05, 0.1) is 5.92 Å². The van der Waals surface area contributed by atoms with Gasteiger partial charge < -0.3 is 14.7 Å². The minimum absolute atomic E-state index is 0.0367. The fourth-order valence-corrected chi connectivity index (χ4v) is 2.14. The number of carbonyl (C=O) groups excluding carboxylic acids is 1. The summed E-state index contributed by atoms with van der Waals surface area (Å²) in [4.78, 5) is 24.1. The van der Waals surface area contributed by atoms with Gasteiger partial charge in [0.1, 0.15) is 0 Å². The van der Waals surface area contributed by atoms with Gasteiger partial charge in [-0.3, -0.25) is 9.59 Å². The van der Waals surface area contributed by atoms with Crippen molar-refractivity contribution in [2.24, 2.45) is 11.8 Å². The van der Waals surface area contributed by atoms with Gasteiger partial charge in [0.15, 0.2) is 0 Å². The zero-order chi connectivity index (χ0) is 13.5. The Balaban J connectivity index is 2.24. The number of rotatable bonds is 6. The Hall–Kier alpha value is -1.10. The van der Waals surface area contributed by atoms with Crippen molar-refractivity contribution in [1.82, 2.24) is 4.90 Å². The van der Waals surface area contributed by atoms with Crippen molar-refractivity contribution in [1.29, 1.82) is 0 Å². The molecule has 0 aliphatic carbocycles. The summed E-state index contributed by atoms with van der Waals surface area (Å²) in [6.07, 6.45) is 3.45. The molecule has 104 valence electrons. The molecule has 0 saturated carbocycles. The van der Waals surface area contributed by atoms with Gasteiger partial charge in [0.2, 0.25) is 5.91 Å². The largest absolute Gasteiger partial charge is 0.481 e. The van der Waals surface area contributed by atoms with Crippen LogP contribution in [0, 0.1) is 11.8 Å². The van der Waals surface area contributed by atoms with Crippen molar-refractivity contribution in [3.8, 4) is 0 Å². The molecular weight excluding hydrogens is 234 g/mol. The number of amides is 1. The van der Waals surface area contributed by atoms with E-state index in [0.29, 0.717) is 12.3 Å². The van der Waals surface area contributed by atoms with E-state index >= 15 is 0 Å². The standard InChI is InChI=1S/C13H23NO4/c1-10(13(16)17)9-14(2)12(15)4-3-11-5-7-18-8-6-11/h10-11H,3-9H2,1-2H3,(H,16,17). The van der Waals surface area contributed by atoms with Crippen LogP contribution in [0.2, 0.25) is 0 Å². The lowest BCUT2D eigenvalue weighted by Gasteiger charge is -2.24. The quantitative estimate of drug-likeness (QED) is 0.780. The number of carbonyl (C=O) groups is 2. The van der Waals surface area contributed by atoms with E-state index in [1.165, 1.54) is 4.90 Å². The molecule has 18 heavy (non-hydrogen) atoms. The molecule has 5 nitrogen and oxygen atoms in total. The first kappa shape index (κ1) is 15.0. The average Bonchev–Trinajstić information content (AvgIpc) is 2.36. The molecule has 0 aromatic heterocycles. The maximum atomic E-state index is 11.8. The Bertz CT molecular complexity index is 287. The number of nitrogens with zero attached hydrogens (tertiary/aromatic N) is 1. The van der Waals surface area contributed by atoms with E-state index < -0.39 is 11.9 Å². The van der Waals surface area contributed by atoms with E-state index in [9.17, 15) is 9.59 Å². The minimum Gasteiger partial charge on any atom is -0.481 e. The Kier molecular flexibility index (Phi) is 6.12. The maximum Gasteiger partial charge on any atom is 0.308 e. The first-order valence-corrected chi connectivity index (χ1v) is 6.55. The lowest BCUT2D eigenvalue weighted by atomic mass is 9.94. The molecular formula is C13H23NO4. The zero-order valence-corrected chi connectivity index (χ0v) is 11.2. The highest BCUT2D eigenvalue weighted by Crippen LogP contribution is 2.20. The molecule has 1 saturated heterocycles. The molecule has 1 fully saturated rings. The van der Waals surface area contributed by atoms with Gasteiger partial charge in [-0.15, -0.1) is 0 Å². The van der Waals surface area contributed by atoms with Crippen molar-refractivity contribution in [3.63, 3.8) is 0 Å². The monoisotopic (exact) mass is 257 g/mol. The van der Waals surface area contributed by atoms with Gasteiger partial charge in [0, 0.05) is 33.2 Å². The number of hydrogen-bond acceptors (Lipinski definition) is 3. The van der Waals surface area contributed by atoms with Gasteiger partial charge in [-0.1, -0.05) is 6.92 Å². The molecule has 0 radical (unpaired) electrons. The van der Waals surface area contributed by atoms with Crippen LogP contribution in [0.4, 0.5) is 0 Å². The van der Waals surface area contributed by atoms with Crippen LogP contribution in [0.15, 0.2) is 0 Å². The van der Waals surface area contributed by atoms with Crippen molar-refractivity contribution in [3.05, 3.63) is 0 Å². The second-order valence-corrected chi connectivity index (χ2v) is 5.11. The summed E-state index contributed by atoms with van der Waals surface area (Å²) in [7, 11) is 1.67. The molecule has 1 aliphatic heterocycles. The van der Waals surface area contributed by atoms with Crippen LogP contribution in [0.25, 0.3) is 0 Å². The number of aliphatic carboxylic acids is 1. The van der Waals surface area contributed by atoms with Crippen LogP contribution in [-0.4, -0.2) is 48.7 Å². The topological polar surface area (TPSA) is 66.8 Å². The van der Waals surface area contributed by atoms with E-state index in [0.717, 1.165) is 32.5 Å². The highest BCUT2D eigenvalue weighted by atomic mass is 16.5. The first-order valence-electron chi connectivity index (χ1n) is 6.55. The Labute approximate surface area is 108 Å². The fraction of sp³-hybridized carbons (Fsp3) is 0.846. The summed E-state index contributed by atoms with van der Waals surface area (Å²) in [5, 5.41) is 8.79. The molecule has 1 N–H and O–H groups in total. The van der Waals surface area contributed by atoms with Crippen molar-refractivity contribution < 1.29 is 19.4 Å². The Morgan fingerprint density at radius 2 is 2.00 bits per heavy atom. The highest BCUT2D eigenvalue weighted by molar-refractivity contribution is 5.77. The second kappa shape index (κ2) is 7.36. The molecule has 1 rings (SSSR count). The lowest BCUT2D eigenvalue weighted by Crippen LogP contribution is -2.34. The van der Waals surface area contributed by atoms with Crippen LogP contribution in [0.5, 0.6) is 0 Å². The second-order valence-electron chi connectivity index (χ2n) is 5.11. The molecule has 0 aromatic rings. The van der Waals surface area contributed by atoms with Crippen molar-refractivity contribution >= 4 is 11.9 Å². The molecule has 1 unspecified atom stereocenters. The molecule has 1 heterocycles. The van der Waals surface area contributed by atoms with E-state index in [1.54, 1.807) is 14.0 Å². The summed E-state index contributed by atoms with van der Waals surface area (Å²) >= 11 is 0. The summed E-state index contributed by atoms with van der Waals surface area (Å²) in [6.45, 7) is 3.49. The van der Waals surface area contributed by atoms with E-state index in [4.69, 9.17) is 9.84 Å². The average molecular weight is 257 g/mol. The van der Waals surface area contributed by atoms with Gasteiger partial charge in [-0.05, 0) is 25.2 Å². The molecule has 1 atom stereocenters. The minimum atomic E-state index is -0.862. The lowest BCUT2D eigenvalue weighted by molar-refractivity contribution is -0.142. The number of hydrogen-bond donors (Lipinski definition) is 1. The smallest absolute Gasteiger partial charge is 0.308 e. The third-order valence-corrected chi connectivity index (χ3v) is 3.50. The molecule has 5 heteroatoms. The third-order valence-electron chi connectivity index (χ3n) is 3.50. The van der Waals surface area contributed by atoms with Crippen LogP contribution in [-0.2, 0) is 14.3 Å². The van der Waals surface area contributed by atoms with Gasteiger partial charge in [-0.25, -0.2) is 0 Å². The van der Waals surface area contributed by atoms with Crippen molar-refractivity contribution in [2.45, 2.75) is 32.6 Å². The number of carboxylic acid groups (broad SMARTS) is 1. The van der Waals surface area contributed by atoms with E-state index in [-0.39, 0.29) is 12.5 Å². The highest BCUT2D eigenvalue weighted by Gasteiger charge is 2.19. The SMILES string of the molecule is CC(CN(C)C(=O)CCC1CCOCC1)C(=O)O. The predicted octanol–water partition coefficient (Wildman–Crippen LogP) is 1.37. The summed E-state index contributed by atoms with van der Waals surface area (Å²) in [5.74, 6) is -0.760. The van der Waals surface area contributed by atoms with Gasteiger partial charge in [0.25, 0.3) is 0 Å². The summed E-state index contributed by atoms with van der Waals surface area (Å²) in [5.41, 5.74) is 0. The molecule has 1 aliphatic rings. The van der Waals surface area contributed by atoms with Crippen LogP contribution < -0.4 is 0 Å². The third kappa shape index (κ3) is 5.04. The number of ether oxygens (including phenoxy) is 1. The Morgan fingerprint density at radius 3 is 2.56 bits per heavy atom. The fourth-order valence-electron chi connectivity index (χ4n) is 2.14. The first-order chi connectivity index (χ1) is 8.50. The van der Waals surface area contributed by atoms with Gasteiger partial charge >= 0.3 is 5.97 Å². The summed E-state index contributed by atoms with van der Waals surface area (Å²) < 4.78 is 5.27. The number of carboxylic acids is 1. The van der Waals surface area contributed by atoms with Crippen molar-refractivity contribution in [2.75, 3.05) is 26.8 Å². The van der Waals surface area contributed by atoms with Crippen LogP contribution in [0.1, 0.15) is 32.6 Å². The Morgan fingerprint density at radius 1 is 1.39 bits per heavy atom. The van der Waals surface area contributed by atoms with Gasteiger partial charge in [-0.2, -0.15) is 0 Å². The predicted molar refractivity (Wildman–Crippen MR) is 67.2 cm³/mol. The summed E-state index contributed by atoms with van der Waals surface area (Å²) in [6, 6.07) is 0. The van der Waals surface area contributed by atoms with E-state index in [2.05, 4.69) is 0 Å². The molecule has 1 amide bonds. The van der Waals surface area contributed by atoms with Crippen LogP contribution in [0.3, 0.4) is 0 Å². The molecule has 0 aromatic carbocycles. The molecule has 0 bridgehead atoms. The van der Waals surface area contributed by atoms with Crippen LogP contribution >= 0.6 is 0 Å². The zero-order valence-electron chi connectivity index (χ0n) is 11.2. The normalized spacial score (nSPS) is 18.3.